The van der Waals surface area contributed by atoms with Crippen molar-refractivity contribution in [2.75, 3.05) is 18.5 Å². The van der Waals surface area contributed by atoms with Gasteiger partial charge < -0.3 is 14.8 Å². The van der Waals surface area contributed by atoms with Crippen molar-refractivity contribution in [2.24, 2.45) is 0 Å². The number of benzene rings is 3. The van der Waals surface area contributed by atoms with Crippen LogP contribution in [0.4, 0.5) is 10.5 Å². The second-order valence-electron chi connectivity index (χ2n) is 9.12. The lowest BCUT2D eigenvalue weighted by atomic mass is 10.0. The molecule has 10 heteroatoms. The topological polar surface area (TPSA) is 84.9 Å². The number of thioether (sulfide) groups is 1. The van der Waals surface area contributed by atoms with Crippen LogP contribution in [0.3, 0.4) is 0 Å². The number of aryl methyl sites for hydroxylation is 1. The van der Waals surface area contributed by atoms with Crippen molar-refractivity contribution in [1.82, 2.24) is 4.90 Å². The number of imide groups is 1. The number of amides is 3. The van der Waals surface area contributed by atoms with Crippen molar-refractivity contribution in [3.8, 4) is 11.5 Å². The molecule has 0 radical (unpaired) electrons. The van der Waals surface area contributed by atoms with E-state index in [0.717, 1.165) is 33.4 Å². The van der Waals surface area contributed by atoms with Gasteiger partial charge in [0.05, 0.1) is 11.5 Å². The average Bonchev–Trinajstić information content (AvgIpc) is 3.18. The van der Waals surface area contributed by atoms with Crippen LogP contribution >= 0.6 is 35.0 Å². The third-order valence-electron chi connectivity index (χ3n) is 6.06. The number of hydrogen-bond donors (Lipinski definition) is 1. The number of hydrogen-bond acceptors (Lipinski definition) is 6. The Hall–Kier alpha value is -3.72. The summed E-state index contributed by atoms with van der Waals surface area (Å²) < 4.78 is 12.1. The molecule has 1 heterocycles. The highest BCUT2D eigenvalue weighted by molar-refractivity contribution is 8.18. The number of anilines is 1. The van der Waals surface area contributed by atoms with Crippen LogP contribution in [0.1, 0.15) is 29.2 Å². The van der Waals surface area contributed by atoms with Gasteiger partial charge in [-0.25, -0.2) is 0 Å². The van der Waals surface area contributed by atoms with Crippen molar-refractivity contribution >= 4 is 63.8 Å². The molecule has 0 aliphatic carbocycles. The van der Waals surface area contributed by atoms with Gasteiger partial charge >= 0.3 is 0 Å². The van der Waals surface area contributed by atoms with Crippen molar-refractivity contribution in [3.05, 3.63) is 104 Å². The van der Waals surface area contributed by atoms with Crippen molar-refractivity contribution in [3.63, 3.8) is 0 Å². The third kappa shape index (κ3) is 7.73. The molecule has 0 saturated carbocycles. The van der Waals surface area contributed by atoms with Gasteiger partial charge in [-0.3, -0.25) is 19.3 Å². The maximum absolute atomic E-state index is 13.1. The Morgan fingerprint density at radius 3 is 2.49 bits per heavy atom. The van der Waals surface area contributed by atoms with Gasteiger partial charge in [0.1, 0.15) is 13.2 Å². The molecule has 1 N–H and O–H groups in total. The van der Waals surface area contributed by atoms with E-state index in [-0.39, 0.29) is 4.91 Å². The predicted octanol–water partition coefficient (Wildman–Crippen LogP) is 7.68. The van der Waals surface area contributed by atoms with Gasteiger partial charge in [-0.2, -0.15) is 0 Å². The van der Waals surface area contributed by atoms with Gasteiger partial charge in [0, 0.05) is 21.3 Å². The summed E-state index contributed by atoms with van der Waals surface area (Å²) in [7, 11) is 0. The molecule has 1 fully saturated rings. The normalized spacial score (nSPS) is 14.0. The zero-order valence-corrected chi connectivity index (χ0v) is 24.9. The molecule has 1 aliphatic rings. The van der Waals surface area contributed by atoms with E-state index in [1.54, 1.807) is 48.6 Å². The Labute approximate surface area is 253 Å². The zero-order chi connectivity index (χ0) is 29.5. The minimum atomic E-state index is -0.552. The number of carbonyl (C=O) groups excluding carboxylic acids is 3. The number of halogens is 2. The molecule has 1 aliphatic heterocycles. The number of ether oxygens (including phenoxy) is 2. The molecular formula is C31H28Cl2N2O5S. The number of nitrogens with one attached hydrogen (secondary N) is 1. The van der Waals surface area contributed by atoms with E-state index in [1.165, 1.54) is 0 Å². The van der Waals surface area contributed by atoms with Crippen LogP contribution in [0.25, 0.3) is 6.08 Å². The van der Waals surface area contributed by atoms with Crippen molar-refractivity contribution in [1.29, 1.82) is 0 Å². The van der Waals surface area contributed by atoms with Gasteiger partial charge in [0.15, 0.2) is 11.5 Å². The molecule has 4 rings (SSSR count). The first kappa shape index (κ1) is 30.2. The monoisotopic (exact) mass is 610 g/mol. The standard InChI is InChI=1S/C31H28Cl2N2O5S/c1-4-6-22-13-21(14-26(39-5-2)29(22)40-18-20-8-11-23(32)12-9-20)15-27-30(37)35(31(38)41-27)17-28(36)34-25-16-24(33)10-7-19(25)3/h4,7-16H,1,5-6,17-18H2,2-3H3,(H,34,36)/b27-15-. The van der Waals surface area contributed by atoms with Gasteiger partial charge in [-0.05, 0) is 91.2 Å². The molecule has 3 aromatic rings. The van der Waals surface area contributed by atoms with Gasteiger partial charge in [-0.15, -0.1) is 6.58 Å². The highest BCUT2D eigenvalue weighted by Crippen LogP contribution is 2.38. The summed E-state index contributed by atoms with van der Waals surface area (Å²) in [6.07, 6.45) is 3.85. The molecule has 0 unspecified atom stereocenters. The van der Waals surface area contributed by atoms with E-state index in [1.807, 2.05) is 32.0 Å². The maximum Gasteiger partial charge on any atom is 0.294 e. The van der Waals surface area contributed by atoms with Crippen molar-refractivity contribution < 1.29 is 23.9 Å². The number of allylic oxidation sites excluding steroid dienone is 1. The molecule has 0 spiro atoms. The van der Waals surface area contributed by atoms with Crippen LogP contribution in [-0.4, -0.2) is 35.1 Å². The summed E-state index contributed by atoms with van der Waals surface area (Å²) in [5, 5.41) is 3.29. The minimum absolute atomic E-state index is 0.198. The Morgan fingerprint density at radius 1 is 1.05 bits per heavy atom. The molecule has 0 aromatic heterocycles. The molecule has 3 amide bonds. The molecular weight excluding hydrogens is 583 g/mol. The molecule has 7 nitrogen and oxygen atoms in total. The van der Waals surface area contributed by atoms with E-state index in [9.17, 15) is 14.4 Å². The van der Waals surface area contributed by atoms with E-state index >= 15 is 0 Å². The van der Waals surface area contributed by atoms with Crippen LogP contribution in [-0.2, 0) is 22.6 Å². The fraction of sp³-hybridized carbons (Fsp3) is 0.194. The first-order valence-electron chi connectivity index (χ1n) is 12.8. The van der Waals surface area contributed by atoms with E-state index in [4.69, 9.17) is 32.7 Å². The fourth-order valence-corrected chi connectivity index (χ4v) is 5.22. The lowest BCUT2D eigenvalue weighted by Crippen LogP contribution is -2.36. The first-order valence-corrected chi connectivity index (χ1v) is 14.3. The average molecular weight is 612 g/mol. The van der Waals surface area contributed by atoms with Crippen LogP contribution in [0.15, 0.2) is 72.2 Å². The Morgan fingerprint density at radius 2 is 1.78 bits per heavy atom. The molecule has 212 valence electrons. The second-order valence-corrected chi connectivity index (χ2v) is 11.0. The lowest BCUT2D eigenvalue weighted by Gasteiger charge is -2.17. The van der Waals surface area contributed by atoms with Crippen LogP contribution < -0.4 is 14.8 Å². The fourth-order valence-electron chi connectivity index (χ4n) is 4.09. The molecule has 3 aromatic carbocycles. The van der Waals surface area contributed by atoms with Gasteiger partial charge in [-0.1, -0.05) is 47.5 Å². The minimum Gasteiger partial charge on any atom is -0.490 e. The summed E-state index contributed by atoms with van der Waals surface area (Å²) in [6, 6.07) is 16.1. The number of carbonyl (C=O) groups is 3. The summed E-state index contributed by atoms with van der Waals surface area (Å²) in [5.74, 6) is 0.0137. The Bertz CT molecular complexity index is 1520. The number of nitrogens with zero attached hydrogens (tertiary/aromatic N) is 1. The molecule has 0 bridgehead atoms. The van der Waals surface area contributed by atoms with Crippen LogP contribution in [0.5, 0.6) is 11.5 Å². The molecule has 1 saturated heterocycles. The van der Waals surface area contributed by atoms with E-state index < -0.39 is 23.6 Å². The van der Waals surface area contributed by atoms with Gasteiger partial charge in [0.25, 0.3) is 11.1 Å². The highest BCUT2D eigenvalue weighted by atomic mass is 35.5. The summed E-state index contributed by atoms with van der Waals surface area (Å²) in [5.41, 5.74) is 3.71. The quantitative estimate of drug-likeness (QED) is 0.177. The smallest absolute Gasteiger partial charge is 0.294 e. The predicted molar refractivity (Wildman–Crippen MR) is 165 cm³/mol. The second kappa shape index (κ2) is 13.8. The van der Waals surface area contributed by atoms with Crippen LogP contribution in [0, 0.1) is 6.92 Å². The Kier molecular flexibility index (Phi) is 10.2. The largest absolute Gasteiger partial charge is 0.490 e. The lowest BCUT2D eigenvalue weighted by molar-refractivity contribution is -0.127. The number of rotatable bonds is 11. The van der Waals surface area contributed by atoms with E-state index in [0.29, 0.717) is 52.4 Å². The van der Waals surface area contributed by atoms with E-state index in [2.05, 4.69) is 11.9 Å². The molecule has 41 heavy (non-hydrogen) atoms. The maximum atomic E-state index is 13.1. The molecule has 0 atom stereocenters. The summed E-state index contributed by atoms with van der Waals surface area (Å²) in [4.78, 5) is 39.6. The van der Waals surface area contributed by atoms with Gasteiger partial charge in [0.2, 0.25) is 5.91 Å². The van der Waals surface area contributed by atoms with Crippen molar-refractivity contribution in [2.45, 2.75) is 26.9 Å². The first-order chi connectivity index (χ1) is 19.7. The highest BCUT2D eigenvalue weighted by Gasteiger charge is 2.36. The zero-order valence-electron chi connectivity index (χ0n) is 22.5. The SMILES string of the molecule is C=CCc1cc(/C=C2\SC(=O)N(CC(=O)Nc3cc(Cl)ccc3C)C2=O)cc(OCC)c1OCc1ccc(Cl)cc1. The summed E-state index contributed by atoms with van der Waals surface area (Å²) >= 11 is 12.8. The third-order valence-corrected chi connectivity index (χ3v) is 7.46. The van der Waals surface area contributed by atoms with Crippen LogP contribution in [0.2, 0.25) is 10.0 Å². The Balaban J connectivity index is 1.55. The summed E-state index contributed by atoms with van der Waals surface area (Å²) in [6.45, 7) is 7.81.